The molecule has 1 aromatic rings. The summed E-state index contributed by atoms with van der Waals surface area (Å²) in [5.74, 6) is 0. The second-order valence-corrected chi connectivity index (χ2v) is 3.75. The van der Waals surface area contributed by atoms with E-state index < -0.39 is 0 Å². The van der Waals surface area contributed by atoms with E-state index in [0.717, 1.165) is 5.69 Å². The predicted molar refractivity (Wildman–Crippen MR) is 56.8 cm³/mol. The molecule has 2 N–H and O–H groups in total. The third kappa shape index (κ3) is 1.94. The molecule has 0 bridgehead atoms. The van der Waals surface area contributed by atoms with E-state index in [-0.39, 0.29) is 0 Å². The van der Waals surface area contributed by atoms with Gasteiger partial charge in [0.2, 0.25) is 0 Å². The Morgan fingerprint density at radius 1 is 1.36 bits per heavy atom. The van der Waals surface area contributed by atoms with Crippen molar-refractivity contribution < 1.29 is 0 Å². The number of rotatable bonds is 3. The maximum Gasteiger partial charge on any atom is 0.0644 e. The van der Waals surface area contributed by atoms with E-state index in [1.807, 2.05) is 18.3 Å². The molecule has 0 unspecified atom stereocenters. The molecule has 1 fully saturated rings. The van der Waals surface area contributed by atoms with Crippen molar-refractivity contribution in [2.75, 3.05) is 19.6 Å². The Hall–Kier alpha value is -0.930. The summed E-state index contributed by atoms with van der Waals surface area (Å²) in [5, 5.41) is 0. The van der Waals surface area contributed by atoms with E-state index in [9.17, 15) is 0 Å². The molecular weight excluding hydrogens is 174 g/mol. The molecule has 0 saturated carbocycles. The third-order valence-electron chi connectivity index (χ3n) is 2.83. The van der Waals surface area contributed by atoms with E-state index in [2.05, 4.69) is 16.0 Å². The molecule has 0 radical (unpaired) electrons. The molecule has 0 aliphatic carbocycles. The lowest BCUT2D eigenvalue weighted by Crippen LogP contribution is -2.31. The highest BCUT2D eigenvalue weighted by atomic mass is 15.2. The molecular formula is C11H17N3. The van der Waals surface area contributed by atoms with Gasteiger partial charge in [-0.1, -0.05) is 6.07 Å². The van der Waals surface area contributed by atoms with Gasteiger partial charge in [0.25, 0.3) is 0 Å². The predicted octanol–water partition coefficient (Wildman–Crippen LogP) is 1.18. The summed E-state index contributed by atoms with van der Waals surface area (Å²) in [7, 11) is 0. The van der Waals surface area contributed by atoms with Crippen molar-refractivity contribution in [1.82, 2.24) is 9.88 Å². The molecule has 0 spiro atoms. The largest absolute Gasteiger partial charge is 0.329 e. The van der Waals surface area contributed by atoms with Gasteiger partial charge in [-0.25, -0.2) is 0 Å². The zero-order chi connectivity index (χ0) is 9.80. The van der Waals surface area contributed by atoms with E-state index in [1.165, 1.54) is 25.9 Å². The third-order valence-corrected chi connectivity index (χ3v) is 2.83. The summed E-state index contributed by atoms with van der Waals surface area (Å²) in [6.07, 6.45) is 4.43. The van der Waals surface area contributed by atoms with Crippen LogP contribution in [0.25, 0.3) is 0 Å². The fourth-order valence-electron chi connectivity index (χ4n) is 2.08. The van der Waals surface area contributed by atoms with Gasteiger partial charge in [-0.2, -0.15) is 0 Å². The van der Waals surface area contributed by atoms with Crippen LogP contribution in [0.1, 0.15) is 24.6 Å². The molecule has 1 aliphatic rings. The Labute approximate surface area is 84.9 Å². The highest BCUT2D eigenvalue weighted by Gasteiger charge is 2.22. The van der Waals surface area contributed by atoms with Crippen molar-refractivity contribution in [2.45, 2.75) is 18.9 Å². The molecule has 2 heterocycles. The fraction of sp³-hybridized carbons (Fsp3) is 0.545. The summed E-state index contributed by atoms with van der Waals surface area (Å²) in [6.45, 7) is 2.99. The molecule has 1 atom stereocenters. The van der Waals surface area contributed by atoms with E-state index in [4.69, 9.17) is 5.73 Å². The average Bonchev–Trinajstić information content (AvgIpc) is 2.74. The van der Waals surface area contributed by atoms with Crippen LogP contribution in [0, 0.1) is 0 Å². The smallest absolute Gasteiger partial charge is 0.0644 e. The van der Waals surface area contributed by atoms with Crippen LogP contribution in [0.3, 0.4) is 0 Å². The van der Waals surface area contributed by atoms with Gasteiger partial charge in [0.15, 0.2) is 0 Å². The monoisotopic (exact) mass is 191 g/mol. The van der Waals surface area contributed by atoms with Crippen LogP contribution in [-0.2, 0) is 0 Å². The Bertz CT molecular complexity index is 267. The molecule has 3 nitrogen and oxygen atoms in total. The fourth-order valence-corrected chi connectivity index (χ4v) is 2.08. The van der Waals surface area contributed by atoms with Gasteiger partial charge in [0.1, 0.15) is 0 Å². The maximum atomic E-state index is 5.80. The second kappa shape index (κ2) is 4.53. The molecule has 1 aromatic heterocycles. The zero-order valence-corrected chi connectivity index (χ0v) is 8.39. The van der Waals surface area contributed by atoms with E-state index in [1.54, 1.807) is 0 Å². The number of hydrogen-bond acceptors (Lipinski definition) is 3. The molecule has 0 amide bonds. The Kier molecular flexibility index (Phi) is 3.11. The van der Waals surface area contributed by atoms with Crippen LogP contribution < -0.4 is 5.73 Å². The number of pyridine rings is 1. The van der Waals surface area contributed by atoms with Gasteiger partial charge in [-0.05, 0) is 38.1 Å². The minimum absolute atomic E-state index is 0.318. The first-order chi connectivity index (χ1) is 6.92. The van der Waals surface area contributed by atoms with Crippen LogP contribution in [0.2, 0.25) is 0 Å². The standard InChI is InChI=1S/C11H17N3/c12-9-11(14-7-3-4-8-14)10-5-1-2-6-13-10/h1-2,5-6,11H,3-4,7-9,12H2/t11-/m0/s1. The van der Waals surface area contributed by atoms with Crippen LogP contribution in [0.5, 0.6) is 0 Å². The molecule has 1 aliphatic heterocycles. The molecule has 2 rings (SSSR count). The lowest BCUT2D eigenvalue weighted by Gasteiger charge is -2.25. The maximum absolute atomic E-state index is 5.80. The van der Waals surface area contributed by atoms with E-state index >= 15 is 0 Å². The van der Waals surface area contributed by atoms with Crippen molar-refractivity contribution in [3.8, 4) is 0 Å². The highest BCUT2D eigenvalue weighted by Crippen LogP contribution is 2.22. The first-order valence-electron chi connectivity index (χ1n) is 5.27. The summed E-state index contributed by atoms with van der Waals surface area (Å²) in [5.41, 5.74) is 6.91. The molecule has 76 valence electrons. The average molecular weight is 191 g/mol. The minimum atomic E-state index is 0.318. The lowest BCUT2D eigenvalue weighted by molar-refractivity contribution is 0.247. The van der Waals surface area contributed by atoms with Gasteiger partial charge < -0.3 is 5.73 Å². The quantitative estimate of drug-likeness (QED) is 0.780. The van der Waals surface area contributed by atoms with Crippen molar-refractivity contribution >= 4 is 0 Å². The number of aromatic nitrogens is 1. The van der Waals surface area contributed by atoms with Crippen molar-refractivity contribution in [3.05, 3.63) is 30.1 Å². The number of nitrogens with two attached hydrogens (primary N) is 1. The van der Waals surface area contributed by atoms with Gasteiger partial charge in [0.05, 0.1) is 11.7 Å². The van der Waals surface area contributed by atoms with Gasteiger partial charge >= 0.3 is 0 Å². The molecule has 3 heteroatoms. The first-order valence-corrected chi connectivity index (χ1v) is 5.27. The van der Waals surface area contributed by atoms with Crippen LogP contribution in [0.4, 0.5) is 0 Å². The number of nitrogens with zero attached hydrogens (tertiary/aromatic N) is 2. The number of likely N-dealkylation sites (tertiary alicyclic amines) is 1. The Morgan fingerprint density at radius 2 is 2.14 bits per heavy atom. The summed E-state index contributed by atoms with van der Waals surface area (Å²) in [4.78, 5) is 6.81. The van der Waals surface area contributed by atoms with Crippen molar-refractivity contribution in [3.63, 3.8) is 0 Å². The first kappa shape index (κ1) is 9.62. The van der Waals surface area contributed by atoms with Crippen LogP contribution in [-0.4, -0.2) is 29.5 Å². The minimum Gasteiger partial charge on any atom is -0.329 e. The molecule has 0 aromatic carbocycles. The Morgan fingerprint density at radius 3 is 2.71 bits per heavy atom. The molecule has 14 heavy (non-hydrogen) atoms. The van der Waals surface area contributed by atoms with Crippen molar-refractivity contribution in [1.29, 1.82) is 0 Å². The second-order valence-electron chi connectivity index (χ2n) is 3.75. The summed E-state index contributed by atoms with van der Waals surface area (Å²) < 4.78 is 0. The van der Waals surface area contributed by atoms with Gasteiger partial charge in [-0.15, -0.1) is 0 Å². The lowest BCUT2D eigenvalue weighted by atomic mass is 10.1. The number of hydrogen-bond donors (Lipinski definition) is 1. The topological polar surface area (TPSA) is 42.1 Å². The van der Waals surface area contributed by atoms with Crippen LogP contribution in [0.15, 0.2) is 24.4 Å². The normalized spacial score (nSPS) is 19.8. The zero-order valence-electron chi connectivity index (χ0n) is 8.39. The van der Waals surface area contributed by atoms with Crippen molar-refractivity contribution in [2.24, 2.45) is 5.73 Å². The van der Waals surface area contributed by atoms with E-state index in [0.29, 0.717) is 12.6 Å². The highest BCUT2D eigenvalue weighted by molar-refractivity contribution is 5.09. The summed E-state index contributed by atoms with van der Waals surface area (Å²) >= 11 is 0. The van der Waals surface area contributed by atoms with Gasteiger partial charge in [0, 0.05) is 12.7 Å². The summed E-state index contributed by atoms with van der Waals surface area (Å²) in [6, 6.07) is 6.36. The van der Waals surface area contributed by atoms with Gasteiger partial charge in [-0.3, -0.25) is 9.88 Å². The SMILES string of the molecule is NC[C@@H](c1ccccn1)N1CCCC1. The molecule has 1 saturated heterocycles. The van der Waals surface area contributed by atoms with Crippen LogP contribution >= 0.6 is 0 Å². The Balaban J connectivity index is 2.12.